The summed E-state index contributed by atoms with van der Waals surface area (Å²) >= 11 is 0. The van der Waals surface area contributed by atoms with Crippen molar-refractivity contribution < 1.29 is 9.90 Å². The van der Waals surface area contributed by atoms with E-state index in [1.165, 1.54) is 5.56 Å². The fraction of sp³-hybridized carbons (Fsp3) is 0.533. The minimum absolute atomic E-state index is 0.00112. The molecule has 0 aliphatic rings. The van der Waals surface area contributed by atoms with Gasteiger partial charge in [-0.05, 0) is 30.0 Å². The van der Waals surface area contributed by atoms with Gasteiger partial charge in [0.25, 0.3) is 5.91 Å². The Morgan fingerprint density at radius 2 is 1.83 bits per heavy atom. The normalized spacial score (nSPS) is 10.7. The first-order valence-corrected chi connectivity index (χ1v) is 6.60. The predicted molar refractivity (Wildman–Crippen MR) is 73.8 cm³/mol. The second kappa shape index (κ2) is 7.17. The maximum absolute atomic E-state index is 12.2. The van der Waals surface area contributed by atoms with Crippen molar-refractivity contribution in [2.24, 2.45) is 0 Å². The van der Waals surface area contributed by atoms with E-state index in [0.717, 1.165) is 6.42 Å². The van der Waals surface area contributed by atoms with Crippen molar-refractivity contribution in [1.82, 2.24) is 4.90 Å². The van der Waals surface area contributed by atoms with E-state index in [1.54, 1.807) is 4.90 Å². The van der Waals surface area contributed by atoms with Crippen molar-refractivity contribution in [2.45, 2.75) is 33.1 Å². The number of rotatable bonds is 6. The molecule has 1 aromatic carbocycles. The van der Waals surface area contributed by atoms with Crippen molar-refractivity contribution in [3.8, 4) is 0 Å². The maximum atomic E-state index is 12.2. The molecule has 0 spiro atoms. The fourth-order valence-corrected chi connectivity index (χ4v) is 1.90. The number of carbonyl (C=O) groups is 1. The number of nitrogens with zero attached hydrogens (tertiary/aromatic N) is 1. The highest BCUT2D eigenvalue weighted by Crippen LogP contribution is 2.15. The first-order valence-electron chi connectivity index (χ1n) is 6.60. The number of carbonyl (C=O) groups excluding carboxylic acids is 1. The third-order valence-corrected chi connectivity index (χ3v) is 2.97. The molecule has 0 saturated heterocycles. The quantitative estimate of drug-likeness (QED) is 0.842. The summed E-state index contributed by atoms with van der Waals surface area (Å²) in [5.41, 5.74) is 1.93. The monoisotopic (exact) mass is 249 g/mol. The summed E-state index contributed by atoms with van der Waals surface area (Å²) < 4.78 is 0. The molecular formula is C15H23NO2. The molecule has 0 aliphatic heterocycles. The van der Waals surface area contributed by atoms with Crippen LogP contribution in [0.5, 0.6) is 0 Å². The number of benzene rings is 1. The van der Waals surface area contributed by atoms with Crippen LogP contribution >= 0.6 is 0 Å². The van der Waals surface area contributed by atoms with E-state index in [0.29, 0.717) is 24.6 Å². The molecule has 1 aromatic rings. The molecule has 0 saturated carbocycles. The topological polar surface area (TPSA) is 40.5 Å². The smallest absolute Gasteiger partial charge is 0.253 e. The molecule has 0 aromatic heterocycles. The summed E-state index contributed by atoms with van der Waals surface area (Å²) in [6, 6.07) is 7.75. The number of hydrogen-bond donors (Lipinski definition) is 1. The minimum atomic E-state index is 0.00112. The van der Waals surface area contributed by atoms with Crippen LogP contribution in [-0.4, -0.2) is 35.6 Å². The summed E-state index contributed by atoms with van der Waals surface area (Å²) in [6.07, 6.45) is 0.899. The lowest BCUT2D eigenvalue weighted by Gasteiger charge is -2.21. The Morgan fingerprint density at radius 3 is 2.28 bits per heavy atom. The summed E-state index contributed by atoms with van der Waals surface area (Å²) in [5, 5.41) is 8.98. The van der Waals surface area contributed by atoms with Crippen LogP contribution in [0.2, 0.25) is 0 Å². The Morgan fingerprint density at radius 1 is 1.22 bits per heavy atom. The highest BCUT2D eigenvalue weighted by Gasteiger charge is 2.14. The van der Waals surface area contributed by atoms with Crippen LogP contribution in [0.3, 0.4) is 0 Å². The van der Waals surface area contributed by atoms with Gasteiger partial charge < -0.3 is 10.0 Å². The second-order valence-corrected chi connectivity index (χ2v) is 4.79. The van der Waals surface area contributed by atoms with Gasteiger partial charge in [0.2, 0.25) is 0 Å². The molecule has 0 atom stereocenters. The molecule has 1 rings (SSSR count). The van der Waals surface area contributed by atoms with Gasteiger partial charge in [-0.2, -0.15) is 0 Å². The lowest BCUT2D eigenvalue weighted by atomic mass is 10.0. The maximum Gasteiger partial charge on any atom is 0.253 e. The van der Waals surface area contributed by atoms with E-state index in [-0.39, 0.29) is 12.5 Å². The van der Waals surface area contributed by atoms with Gasteiger partial charge in [-0.25, -0.2) is 0 Å². The van der Waals surface area contributed by atoms with Crippen LogP contribution in [-0.2, 0) is 0 Å². The highest BCUT2D eigenvalue weighted by atomic mass is 16.3. The SMILES string of the molecule is CCCN(CCO)C(=O)c1ccc(C(C)C)cc1. The molecule has 1 N–H and O–H groups in total. The Labute approximate surface area is 109 Å². The van der Waals surface area contributed by atoms with Crippen molar-refractivity contribution >= 4 is 5.91 Å². The van der Waals surface area contributed by atoms with Crippen LogP contribution in [0.4, 0.5) is 0 Å². The molecule has 0 aliphatic carbocycles. The second-order valence-electron chi connectivity index (χ2n) is 4.79. The molecule has 0 radical (unpaired) electrons. The average molecular weight is 249 g/mol. The summed E-state index contributed by atoms with van der Waals surface area (Å²) in [4.78, 5) is 13.9. The summed E-state index contributed by atoms with van der Waals surface area (Å²) in [7, 11) is 0. The van der Waals surface area contributed by atoms with Gasteiger partial charge in [0.1, 0.15) is 0 Å². The van der Waals surface area contributed by atoms with E-state index >= 15 is 0 Å². The Balaban J connectivity index is 2.81. The van der Waals surface area contributed by atoms with Gasteiger partial charge in [-0.15, -0.1) is 0 Å². The van der Waals surface area contributed by atoms with Crippen LogP contribution in [0, 0.1) is 0 Å². The van der Waals surface area contributed by atoms with Crippen LogP contribution < -0.4 is 0 Å². The third kappa shape index (κ3) is 3.84. The number of amides is 1. The third-order valence-electron chi connectivity index (χ3n) is 2.97. The van der Waals surface area contributed by atoms with Crippen LogP contribution in [0.25, 0.3) is 0 Å². The predicted octanol–water partition coefficient (Wildman–Crippen LogP) is 2.65. The molecule has 3 heteroatoms. The van der Waals surface area contributed by atoms with Gasteiger partial charge >= 0.3 is 0 Å². The summed E-state index contributed by atoms with van der Waals surface area (Å²) in [6.45, 7) is 7.39. The standard InChI is InChI=1S/C15H23NO2/c1-4-9-16(10-11-17)15(18)14-7-5-13(6-8-14)12(2)3/h5-8,12,17H,4,9-11H2,1-3H3. The lowest BCUT2D eigenvalue weighted by Crippen LogP contribution is -2.34. The molecule has 0 fully saturated rings. The number of aliphatic hydroxyl groups excluding tert-OH is 1. The van der Waals surface area contributed by atoms with E-state index < -0.39 is 0 Å². The van der Waals surface area contributed by atoms with E-state index in [9.17, 15) is 4.79 Å². The first-order chi connectivity index (χ1) is 8.60. The van der Waals surface area contributed by atoms with Gasteiger partial charge in [-0.3, -0.25) is 4.79 Å². The van der Waals surface area contributed by atoms with Crippen LogP contribution in [0.15, 0.2) is 24.3 Å². The zero-order chi connectivity index (χ0) is 13.5. The first kappa shape index (κ1) is 14.7. The molecule has 1 amide bonds. The van der Waals surface area contributed by atoms with Crippen molar-refractivity contribution in [1.29, 1.82) is 0 Å². The van der Waals surface area contributed by atoms with E-state index in [1.807, 2.05) is 31.2 Å². The van der Waals surface area contributed by atoms with Gasteiger partial charge in [-0.1, -0.05) is 32.9 Å². The van der Waals surface area contributed by atoms with E-state index in [2.05, 4.69) is 13.8 Å². The van der Waals surface area contributed by atoms with E-state index in [4.69, 9.17) is 5.11 Å². The molecule has 0 unspecified atom stereocenters. The highest BCUT2D eigenvalue weighted by molar-refractivity contribution is 5.94. The lowest BCUT2D eigenvalue weighted by molar-refractivity contribution is 0.0722. The number of aliphatic hydroxyl groups is 1. The molecule has 18 heavy (non-hydrogen) atoms. The zero-order valence-corrected chi connectivity index (χ0v) is 11.5. The average Bonchev–Trinajstić information content (AvgIpc) is 2.38. The molecule has 0 bridgehead atoms. The van der Waals surface area contributed by atoms with Crippen molar-refractivity contribution in [3.05, 3.63) is 35.4 Å². The van der Waals surface area contributed by atoms with Gasteiger partial charge in [0, 0.05) is 18.7 Å². The zero-order valence-electron chi connectivity index (χ0n) is 11.5. The van der Waals surface area contributed by atoms with Crippen LogP contribution in [0.1, 0.15) is 49.0 Å². The summed E-state index contributed by atoms with van der Waals surface area (Å²) in [5.74, 6) is 0.472. The minimum Gasteiger partial charge on any atom is -0.395 e. The Kier molecular flexibility index (Phi) is 5.86. The fourth-order valence-electron chi connectivity index (χ4n) is 1.90. The Bertz CT molecular complexity index is 365. The molecular weight excluding hydrogens is 226 g/mol. The van der Waals surface area contributed by atoms with Gasteiger partial charge in [0.05, 0.1) is 6.61 Å². The number of hydrogen-bond acceptors (Lipinski definition) is 2. The Hall–Kier alpha value is -1.35. The molecule has 3 nitrogen and oxygen atoms in total. The van der Waals surface area contributed by atoms with Crippen molar-refractivity contribution in [2.75, 3.05) is 19.7 Å². The molecule has 0 heterocycles. The van der Waals surface area contributed by atoms with Gasteiger partial charge in [0.15, 0.2) is 0 Å². The van der Waals surface area contributed by atoms with Crippen molar-refractivity contribution in [3.63, 3.8) is 0 Å². The largest absolute Gasteiger partial charge is 0.395 e. The molecule has 100 valence electrons.